The normalized spacial score (nSPS) is 12.7. The molecule has 0 aromatic heterocycles. The summed E-state index contributed by atoms with van der Waals surface area (Å²) in [6, 6.07) is -0.548. The SMILES string of the molecule is CCCCCC/C=C\CCCCCCCC(=O)OCCCCCCCCCCCC/C=C\CCCCCCCCCC(=O)NC(CO)C(O)CCCCCCCCCCCCCCCCCCCCCCC. The molecule has 0 aliphatic rings. The monoisotopic (exact) mass is 1010 g/mol. The first-order valence-corrected chi connectivity index (χ1v) is 32.6. The molecule has 0 saturated carbocycles. The van der Waals surface area contributed by atoms with E-state index in [1.54, 1.807) is 0 Å². The van der Waals surface area contributed by atoms with Crippen LogP contribution in [0.25, 0.3) is 0 Å². The summed E-state index contributed by atoms with van der Waals surface area (Å²) in [7, 11) is 0. The van der Waals surface area contributed by atoms with Gasteiger partial charge in [0.25, 0.3) is 0 Å². The molecule has 0 radical (unpaired) electrons. The van der Waals surface area contributed by atoms with Gasteiger partial charge in [-0.2, -0.15) is 0 Å². The van der Waals surface area contributed by atoms with Gasteiger partial charge in [0.1, 0.15) is 0 Å². The number of esters is 1. The summed E-state index contributed by atoms with van der Waals surface area (Å²) in [5, 5.41) is 23.4. The summed E-state index contributed by atoms with van der Waals surface area (Å²) in [5.74, 6) is -0.0397. The first-order chi connectivity index (χ1) is 35.5. The van der Waals surface area contributed by atoms with Crippen LogP contribution in [0.5, 0.6) is 0 Å². The van der Waals surface area contributed by atoms with E-state index in [0.29, 0.717) is 25.9 Å². The molecule has 0 aromatic carbocycles. The van der Waals surface area contributed by atoms with E-state index >= 15 is 0 Å². The van der Waals surface area contributed by atoms with Crippen molar-refractivity contribution in [1.29, 1.82) is 0 Å². The summed E-state index contributed by atoms with van der Waals surface area (Å²) < 4.78 is 5.47. The van der Waals surface area contributed by atoms with E-state index in [4.69, 9.17) is 4.74 Å². The summed E-state index contributed by atoms with van der Waals surface area (Å²) in [5.41, 5.74) is 0. The summed E-state index contributed by atoms with van der Waals surface area (Å²) >= 11 is 0. The van der Waals surface area contributed by atoms with Gasteiger partial charge >= 0.3 is 5.97 Å². The highest BCUT2D eigenvalue weighted by Crippen LogP contribution is 2.18. The average Bonchev–Trinajstić information content (AvgIpc) is 3.38. The van der Waals surface area contributed by atoms with Crippen LogP contribution in [-0.4, -0.2) is 47.4 Å². The maximum absolute atomic E-state index is 12.5. The maximum Gasteiger partial charge on any atom is 0.305 e. The zero-order valence-electron chi connectivity index (χ0n) is 48.7. The Bertz CT molecular complexity index is 1120. The van der Waals surface area contributed by atoms with E-state index in [-0.39, 0.29) is 18.5 Å². The van der Waals surface area contributed by atoms with Crippen LogP contribution in [0.15, 0.2) is 24.3 Å². The van der Waals surface area contributed by atoms with Crippen molar-refractivity contribution in [2.24, 2.45) is 0 Å². The second-order valence-electron chi connectivity index (χ2n) is 22.4. The third-order valence-electron chi connectivity index (χ3n) is 15.2. The van der Waals surface area contributed by atoms with Gasteiger partial charge < -0.3 is 20.3 Å². The smallest absolute Gasteiger partial charge is 0.305 e. The lowest BCUT2D eigenvalue weighted by molar-refractivity contribution is -0.143. The highest BCUT2D eigenvalue weighted by Gasteiger charge is 2.20. The van der Waals surface area contributed by atoms with Crippen molar-refractivity contribution in [2.45, 2.75) is 373 Å². The molecule has 3 N–H and O–H groups in total. The van der Waals surface area contributed by atoms with E-state index in [2.05, 4.69) is 43.5 Å². The Morgan fingerprint density at radius 2 is 0.653 bits per heavy atom. The number of aliphatic hydroxyl groups excluding tert-OH is 2. The zero-order valence-corrected chi connectivity index (χ0v) is 48.7. The fourth-order valence-corrected chi connectivity index (χ4v) is 10.2. The van der Waals surface area contributed by atoms with Crippen LogP contribution in [0.1, 0.15) is 361 Å². The topological polar surface area (TPSA) is 95.9 Å². The highest BCUT2D eigenvalue weighted by molar-refractivity contribution is 5.76. The molecule has 0 aliphatic carbocycles. The van der Waals surface area contributed by atoms with Crippen molar-refractivity contribution in [3.05, 3.63) is 24.3 Å². The predicted octanol–water partition coefficient (Wildman–Crippen LogP) is 20.6. The molecule has 6 nitrogen and oxygen atoms in total. The quantitative estimate of drug-likeness (QED) is 0.0320. The minimum atomic E-state index is -0.670. The molecule has 0 bridgehead atoms. The van der Waals surface area contributed by atoms with Gasteiger partial charge in [0, 0.05) is 12.8 Å². The zero-order chi connectivity index (χ0) is 52.2. The fourth-order valence-electron chi connectivity index (χ4n) is 10.2. The molecule has 0 fully saturated rings. The van der Waals surface area contributed by atoms with Gasteiger partial charge in [-0.15, -0.1) is 0 Å². The number of hydrogen-bond acceptors (Lipinski definition) is 5. The van der Waals surface area contributed by atoms with Crippen LogP contribution in [0.2, 0.25) is 0 Å². The molecule has 72 heavy (non-hydrogen) atoms. The molecule has 1 amide bonds. The molecule has 0 heterocycles. The number of unbranched alkanes of at least 4 members (excludes halogenated alkanes) is 46. The second kappa shape index (κ2) is 61.9. The van der Waals surface area contributed by atoms with Crippen molar-refractivity contribution in [2.75, 3.05) is 13.2 Å². The van der Waals surface area contributed by atoms with E-state index in [9.17, 15) is 19.8 Å². The van der Waals surface area contributed by atoms with E-state index < -0.39 is 12.1 Å². The summed E-state index contributed by atoms with van der Waals surface area (Å²) in [4.78, 5) is 24.6. The van der Waals surface area contributed by atoms with Crippen molar-refractivity contribution >= 4 is 11.9 Å². The summed E-state index contributed by atoms with van der Waals surface area (Å²) in [6.07, 6.45) is 76.2. The van der Waals surface area contributed by atoms with Gasteiger partial charge in [-0.1, -0.05) is 295 Å². The predicted molar refractivity (Wildman–Crippen MR) is 315 cm³/mol. The Balaban J connectivity index is 3.43. The second-order valence-corrected chi connectivity index (χ2v) is 22.4. The molecule has 0 rings (SSSR count). The van der Waals surface area contributed by atoms with Gasteiger partial charge in [0.15, 0.2) is 0 Å². The standard InChI is InChI=1S/C66H127NO5/c1-3-5-7-9-11-13-15-17-18-19-20-22-25-28-31-35-38-42-46-50-54-58-64(69)63(62-68)67-65(70)59-55-51-47-43-39-36-32-29-26-23-21-24-27-30-33-37-41-45-49-53-57-61-72-66(71)60-56-52-48-44-40-34-16-14-12-10-8-6-4-2/h14,16,23,26,63-64,68-69H,3-13,15,17-22,24-25,27-62H2,1-2H3,(H,67,70)/b16-14-,26-23-. The molecule has 426 valence electrons. The van der Waals surface area contributed by atoms with Crippen molar-refractivity contribution in [3.63, 3.8) is 0 Å². The maximum atomic E-state index is 12.5. The Labute approximate surface area is 450 Å². The number of nitrogens with one attached hydrogen (secondary N) is 1. The third-order valence-corrected chi connectivity index (χ3v) is 15.2. The Kier molecular flexibility index (Phi) is 60.5. The number of aliphatic hydroxyl groups is 2. The lowest BCUT2D eigenvalue weighted by Gasteiger charge is -2.22. The first-order valence-electron chi connectivity index (χ1n) is 32.6. The van der Waals surface area contributed by atoms with E-state index in [1.807, 2.05) is 0 Å². The van der Waals surface area contributed by atoms with Crippen LogP contribution < -0.4 is 5.32 Å². The Morgan fingerprint density at radius 3 is 1.00 bits per heavy atom. The van der Waals surface area contributed by atoms with Gasteiger partial charge in [0.2, 0.25) is 5.91 Å². The van der Waals surface area contributed by atoms with Gasteiger partial charge in [-0.3, -0.25) is 9.59 Å². The molecule has 0 saturated heterocycles. The lowest BCUT2D eigenvalue weighted by atomic mass is 10.0. The molecule has 0 aliphatic heterocycles. The largest absolute Gasteiger partial charge is 0.466 e. The Hall–Kier alpha value is -1.66. The van der Waals surface area contributed by atoms with E-state index in [0.717, 1.165) is 44.9 Å². The molecule has 2 atom stereocenters. The van der Waals surface area contributed by atoms with Crippen LogP contribution >= 0.6 is 0 Å². The van der Waals surface area contributed by atoms with Crippen molar-refractivity contribution in [3.8, 4) is 0 Å². The average molecular weight is 1010 g/mol. The molecule has 2 unspecified atom stereocenters. The third kappa shape index (κ3) is 57.6. The minimum absolute atomic E-state index is 0.000402. The molecular weight excluding hydrogens is 887 g/mol. The number of ether oxygens (including phenoxy) is 1. The van der Waals surface area contributed by atoms with Crippen molar-refractivity contribution in [1.82, 2.24) is 5.32 Å². The van der Waals surface area contributed by atoms with Gasteiger partial charge in [-0.05, 0) is 77.0 Å². The first kappa shape index (κ1) is 70.3. The molecule has 0 aromatic rings. The van der Waals surface area contributed by atoms with Crippen LogP contribution in [0.3, 0.4) is 0 Å². The number of allylic oxidation sites excluding steroid dienone is 4. The fraction of sp³-hybridized carbons (Fsp3) is 0.909. The molecular formula is C66H127NO5. The lowest BCUT2D eigenvalue weighted by Crippen LogP contribution is -2.45. The summed E-state index contributed by atoms with van der Waals surface area (Å²) in [6.45, 7) is 4.95. The number of hydrogen-bond donors (Lipinski definition) is 3. The number of rotatable bonds is 61. The minimum Gasteiger partial charge on any atom is -0.466 e. The Morgan fingerprint density at radius 1 is 0.375 bits per heavy atom. The number of carbonyl (C=O) groups excluding carboxylic acids is 2. The van der Waals surface area contributed by atoms with Gasteiger partial charge in [-0.25, -0.2) is 0 Å². The van der Waals surface area contributed by atoms with Crippen molar-refractivity contribution < 1.29 is 24.5 Å². The number of amides is 1. The van der Waals surface area contributed by atoms with Crippen LogP contribution in [0, 0.1) is 0 Å². The van der Waals surface area contributed by atoms with Gasteiger partial charge in [0.05, 0.1) is 25.4 Å². The van der Waals surface area contributed by atoms with Crippen LogP contribution in [0.4, 0.5) is 0 Å². The molecule has 6 heteroatoms. The molecule has 0 spiro atoms. The van der Waals surface area contributed by atoms with E-state index in [1.165, 1.54) is 283 Å². The highest BCUT2D eigenvalue weighted by atomic mass is 16.5. The number of carbonyl (C=O) groups is 2. The van der Waals surface area contributed by atoms with Crippen LogP contribution in [-0.2, 0) is 14.3 Å².